The van der Waals surface area contributed by atoms with Crippen LogP contribution in [-0.2, 0) is 14.3 Å². The molecule has 6 nitrogen and oxygen atoms in total. The van der Waals surface area contributed by atoms with Crippen molar-refractivity contribution in [3.05, 3.63) is 122 Å². The molecule has 0 aromatic heterocycles. The molecule has 3 unspecified atom stereocenters. The number of carbonyl (C=O) groups excluding carboxylic acids is 2. The number of allylic oxidation sites excluding steroid dienone is 20. The van der Waals surface area contributed by atoms with Crippen molar-refractivity contribution in [2.24, 2.45) is 0 Å². The minimum Gasteiger partial charge on any atom is -0.462 e. The fourth-order valence-electron chi connectivity index (χ4n) is 6.36. The number of hydrogen-bond acceptors (Lipinski definition) is 5. The van der Waals surface area contributed by atoms with Gasteiger partial charge in [0.1, 0.15) is 6.10 Å². The molecule has 60 heavy (non-hydrogen) atoms. The summed E-state index contributed by atoms with van der Waals surface area (Å²) >= 11 is 0. The number of amides is 1. The van der Waals surface area contributed by atoms with Crippen molar-refractivity contribution in [2.75, 3.05) is 6.61 Å². The Labute approximate surface area is 368 Å². The minimum atomic E-state index is -0.817. The topological polar surface area (TPSA) is 95.9 Å². The van der Waals surface area contributed by atoms with Gasteiger partial charge in [-0.25, -0.2) is 0 Å². The molecule has 0 aliphatic heterocycles. The second-order valence-corrected chi connectivity index (χ2v) is 15.5. The zero-order valence-corrected chi connectivity index (χ0v) is 38.3. The van der Waals surface area contributed by atoms with E-state index in [9.17, 15) is 19.8 Å². The number of ether oxygens (including phenoxy) is 1. The average molecular weight is 830 g/mol. The fraction of sp³-hybridized carbons (Fsp3) is 0.593. The van der Waals surface area contributed by atoms with Crippen LogP contribution in [0, 0.1) is 0 Å². The van der Waals surface area contributed by atoms with E-state index in [1.807, 2.05) is 48.6 Å². The van der Waals surface area contributed by atoms with Crippen LogP contribution in [0.1, 0.15) is 181 Å². The normalized spacial score (nSPS) is 14.4. The predicted octanol–water partition coefficient (Wildman–Crippen LogP) is 14.1. The molecular formula is C54H87NO5. The zero-order valence-electron chi connectivity index (χ0n) is 38.3. The number of esters is 1. The SMILES string of the molecule is CC/C=C\C/C=C\C/C=C\C/C=C\C/C=C\CCCC(CC(=O)NC(CO)C(O)CCCCCCCCCCC)OC(=O)CCCCC/C=C/C=C\C=C/C=C/C=C/CC. The van der Waals surface area contributed by atoms with Gasteiger partial charge < -0.3 is 20.3 Å². The molecule has 3 atom stereocenters. The van der Waals surface area contributed by atoms with Crippen molar-refractivity contribution in [3.63, 3.8) is 0 Å². The van der Waals surface area contributed by atoms with E-state index in [0.29, 0.717) is 19.3 Å². The van der Waals surface area contributed by atoms with Gasteiger partial charge in [-0.15, -0.1) is 0 Å². The average Bonchev–Trinajstić information content (AvgIpc) is 3.24. The Morgan fingerprint density at radius 1 is 0.517 bits per heavy atom. The van der Waals surface area contributed by atoms with Crippen LogP contribution in [0.3, 0.4) is 0 Å². The van der Waals surface area contributed by atoms with Crippen LogP contribution < -0.4 is 5.32 Å². The molecule has 6 heteroatoms. The lowest BCUT2D eigenvalue weighted by atomic mass is 10.0. The maximum atomic E-state index is 13.1. The summed E-state index contributed by atoms with van der Waals surface area (Å²) in [5.41, 5.74) is 0. The summed E-state index contributed by atoms with van der Waals surface area (Å²) in [7, 11) is 0. The summed E-state index contributed by atoms with van der Waals surface area (Å²) in [6, 6.07) is -0.736. The molecule has 0 radical (unpaired) electrons. The van der Waals surface area contributed by atoms with Gasteiger partial charge >= 0.3 is 5.97 Å². The van der Waals surface area contributed by atoms with E-state index in [-0.39, 0.29) is 24.9 Å². The first-order valence-corrected chi connectivity index (χ1v) is 23.8. The first-order valence-electron chi connectivity index (χ1n) is 23.8. The van der Waals surface area contributed by atoms with Crippen LogP contribution >= 0.6 is 0 Å². The zero-order chi connectivity index (χ0) is 43.8. The van der Waals surface area contributed by atoms with Gasteiger partial charge in [0.05, 0.1) is 25.2 Å². The quantitative estimate of drug-likeness (QED) is 0.0247. The van der Waals surface area contributed by atoms with Gasteiger partial charge in [-0.2, -0.15) is 0 Å². The van der Waals surface area contributed by atoms with Gasteiger partial charge in [0.25, 0.3) is 0 Å². The molecule has 0 spiro atoms. The summed E-state index contributed by atoms with van der Waals surface area (Å²) in [5.74, 6) is -0.596. The van der Waals surface area contributed by atoms with E-state index in [2.05, 4.69) is 99.0 Å². The highest BCUT2D eigenvalue weighted by Gasteiger charge is 2.24. The Balaban J connectivity index is 4.84. The highest BCUT2D eigenvalue weighted by Crippen LogP contribution is 2.16. The third-order valence-electron chi connectivity index (χ3n) is 9.91. The number of unbranched alkanes of at least 4 members (excludes halogenated alkanes) is 12. The van der Waals surface area contributed by atoms with Crippen LogP contribution in [0.4, 0.5) is 0 Å². The third-order valence-corrected chi connectivity index (χ3v) is 9.91. The van der Waals surface area contributed by atoms with Crippen molar-refractivity contribution in [2.45, 2.75) is 200 Å². The lowest BCUT2D eigenvalue weighted by molar-refractivity contribution is -0.151. The van der Waals surface area contributed by atoms with Crippen LogP contribution in [-0.4, -0.2) is 46.9 Å². The second kappa shape index (κ2) is 46.3. The molecule has 0 aliphatic rings. The van der Waals surface area contributed by atoms with Gasteiger partial charge in [-0.05, 0) is 83.5 Å². The summed E-state index contributed by atoms with van der Waals surface area (Å²) < 4.78 is 5.87. The van der Waals surface area contributed by atoms with Crippen molar-refractivity contribution in [1.29, 1.82) is 0 Å². The number of nitrogens with one attached hydrogen (secondary N) is 1. The minimum absolute atomic E-state index is 0.0123. The lowest BCUT2D eigenvalue weighted by Crippen LogP contribution is -2.46. The molecule has 338 valence electrons. The van der Waals surface area contributed by atoms with Crippen molar-refractivity contribution >= 4 is 11.9 Å². The molecule has 0 saturated heterocycles. The van der Waals surface area contributed by atoms with Gasteiger partial charge in [0, 0.05) is 6.42 Å². The molecule has 0 aromatic carbocycles. The van der Waals surface area contributed by atoms with E-state index >= 15 is 0 Å². The summed E-state index contributed by atoms with van der Waals surface area (Å²) in [6.07, 6.45) is 64.0. The molecule has 0 heterocycles. The molecule has 0 bridgehead atoms. The van der Waals surface area contributed by atoms with E-state index in [4.69, 9.17) is 4.74 Å². The first kappa shape index (κ1) is 56.3. The molecule has 0 rings (SSSR count). The standard InChI is InChI=1S/C54H87NO5/c1-4-7-10-13-16-19-21-23-25-26-28-29-31-34-36-39-42-45-50(48-53(58)55-51(49-56)52(57)46-43-40-37-33-18-15-12-9-6-3)60-54(59)47-44-41-38-35-32-30-27-24-22-20-17-14-11-8-5-2/h7-8,10-11,14,16-17,19-20,22-25,27-30,32,34,36,50-52,56-57H,4-6,9,12-13,15,18,21,26,31,33,35,37-49H2,1-3H3,(H,55,58)/b10-7-,11-8+,17-14+,19-16-,22-20-,25-23-,27-24-,29-28-,32-30+,36-34-. The van der Waals surface area contributed by atoms with E-state index in [1.165, 1.54) is 38.5 Å². The molecular weight excluding hydrogens is 743 g/mol. The lowest BCUT2D eigenvalue weighted by Gasteiger charge is -2.24. The molecule has 0 saturated carbocycles. The Bertz CT molecular complexity index is 1300. The number of rotatable bonds is 40. The van der Waals surface area contributed by atoms with Gasteiger partial charge in [-0.3, -0.25) is 9.59 Å². The maximum absolute atomic E-state index is 13.1. The molecule has 0 fully saturated rings. The van der Waals surface area contributed by atoms with Crippen LogP contribution in [0.15, 0.2) is 122 Å². The van der Waals surface area contributed by atoms with Crippen LogP contribution in [0.5, 0.6) is 0 Å². The Morgan fingerprint density at radius 2 is 1.00 bits per heavy atom. The van der Waals surface area contributed by atoms with E-state index in [1.54, 1.807) is 0 Å². The van der Waals surface area contributed by atoms with Crippen LogP contribution in [0.2, 0.25) is 0 Å². The summed E-state index contributed by atoms with van der Waals surface area (Å²) in [6.45, 7) is 6.15. The van der Waals surface area contributed by atoms with Gasteiger partial charge in [0.15, 0.2) is 0 Å². The Hall–Kier alpha value is -3.74. The van der Waals surface area contributed by atoms with Gasteiger partial charge in [-0.1, -0.05) is 206 Å². The predicted molar refractivity (Wildman–Crippen MR) is 259 cm³/mol. The maximum Gasteiger partial charge on any atom is 0.306 e. The highest BCUT2D eigenvalue weighted by molar-refractivity contribution is 5.77. The first-order chi connectivity index (χ1) is 29.5. The van der Waals surface area contributed by atoms with E-state index < -0.39 is 18.2 Å². The van der Waals surface area contributed by atoms with Crippen molar-refractivity contribution in [3.8, 4) is 0 Å². The molecule has 0 aromatic rings. The highest BCUT2D eigenvalue weighted by atomic mass is 16.5. The third kappa shape index (κ3) is 41.0. The van der Waals surface area contributed by atoms with E-state index in [0.717, 1.165) is 96.3 Å². The monoisotopic (exact) mass is 830 g/mol. The molecule has 3 N–H and O–H groups in total. The van der Waals surface area contributed by atoms with Crippen LogP contribution in [0.25, 0.3) is 0 Å². The Morgan fingerprint density at radius 3 is 1.57 bits per heavy atom. The number of aliphatic hydroxyl groups excluding tert-OH is 2. The molecule has 1 amide bonds. The summed E-state index contributed by atoms with van der Waals surface area (Å²) in [5, 5.41) is 23.6. The number of hydrogen-bond donors (Lipinski definition) is 3. The largest absolute Gasteiger partial charge is 0.462 e. The Kier molecular flexibility index (Phi) is 43.4. The summed E-state index contributed by atoms with van der Waals surface area (Å²) in [4.78, 5) is 26.0. The number of carbonyl (C=O) groups is 2. The van der Waals surface area contributed by atoms with Gasteiger partial charge in [0.2, 0.25) is 5.91 Å². The molecule has 0 aliphatic carbocycles. The number of aliphatic hydroxyl groups is 2. The van der Waals surface area contributed by atoms with Crippen molar-refractivity contribution in [1.82, 2.24) is 5.32 Å². The fourth-order valence-corrected chi connectivity index (χ4v) is 6.36. The smallest absolute Gasteiger partial charge is 0.306 e. The second-order valence-electron chi connectivity index (χ2n) is 15.5. The van der Waals surface area contributed by atoms with Crippen molar-refractivity contribution < 1.29 is 24.5 Å².